The summed E-state index contributed by atoms with van der Waals surface area (Å²) in [5.74, 6) is 2.46. The molecule has 2 heterocycles. The number of hydrogen-bond donors (Lipinski definition) is 1. The molecule has 1 aromatic heterocycles. The van der Waals surface area contributed by atoms with Crippen molar-refractivity contribution in [3.8, 4) is 5.88 Å². The lowest BCUT2D eigenvalue weighted by molar-refractivity contribution is 0.382. The lowest BCUT2D eigenvalue weighted by Gasteiger charge is -2.26. The van der Waals surface area contributed by atoms with Gasteiger partial charge in [0.15, 0.2) is 0 Å². The third-order valence-electron chi connectivity index (χ3n) is 2.65. The quantitative estimate of drug-likeness (QED) is 0.817. The van der Waals surface area contributed by atoms with Crippen molar-refractivity contribution in [3.05, 3.63) is 23.9 Å². The molecule has 1 fully saturated rings. The molecule has 88 valence electrons. The van der Waals surface area contributed by atoms with Crippen LogP contribution in [-0.4, -0.2) is 35.1 Å². The first-order valence-electron chi connectivity index (χ1n) is 5.33. The summed E-state index contributed by atoms with van der Waals surface area (Å²) in [6.45, 7) is 1.99. The number of ether oxygens (including phenoxy) is 1. The Kier molecular flexibility index (Phi) is 3.90. The number of nitrogens with one attached hydrogen (secondary N) is 1. The minimum atomic E-state index is -0.822. The highest BCUT2D eigenvalue weighted by atomic mass is 32.2. The SMILES string of the molecule is COc1ncccc1CS(=O)CC1CNC1. The Hall–Kier alpha value is -0.940. The zero-order valence-corrected chi connectivity index (χ0v) is 10.1. The average Bonchev–Trinajstić information content (AvgIpc) is 2.24. The van der Waals surface area contributed by atoms with Gasteiger partial charge in [-0.1, -0.05) is 6.07 Å². The fourth-order valence-corrected chi connectivity index (χ4v) is 3.13. The molecule has 4 nitrogen and oxygen atoms in total. The van der Waals surface area contributed by atoms with Crippen LogP contribution < -0.4 is 10.1 Å². The summed E-state index contributed by atoms with van der Waals surface area (Å²) < 4.78 is 17.0. The Balaban J connectivity index is 1.94. The van der Waals surface area contributed by atoms with Gasteiger partial charge in [0.25, 0.3) is 0 Å². The Morgan fingerprint density at radius 1 is 1.62 bits per heavy atom. The van der Waals surface area contributed by atoms with E-state index in [1.165, 1.54) is 0 Å². The van der Waals surface area contributed by atoms with Gasteiger partial charge in [-0.05, 0) is 12.0 Å². The molecule has 1 aromatic rings. The Morgan fingerprint density at radius 2 is 2.44 bits per heavy atom. The van der Waals surface area contributed by atoms with Crippen LogP contribution >= 0.6 is 0 Å². The van der Waals surface area contributed by atoms with Gasteiger partial charge in [0.2, 0.25) is 5.88 Å². The molecule has 1 unspecified atom stereocenters. The second kappa shape index (κ2) is 5.41. The molecule has 1 atom stereocenters. The molecule has 1 aliphatic heterocycles. The molecule has 2 rings (SSSR count). The van der Waals surface area contributed by atoms with E-state index in [4.69, 9.17) is 4.74 Å². The zero-order valence-electron chi connectivity index (χ0n) is 9.31. The third kappa shape index (κ3) is 2.80. The maximum Gasteiger partial charge on any atom is 0.217 e. The zero-order chi connectivity index (χ0) is 11.4. The molecule has 5 heteroatoms. The molecule has 1 N–H and O–H groups in total. The van der Waals surface area contributed by atoms with E-state index in [9.17, 15) is 4.21 Å². The van der Waals surface area contributed by atoms with E-state index in [2.05, 4.69) is 10.3 Å². The van der Waals surface area contributed by atoms with Crippen molar-refractivity contribution in [1.82, 2.24) is 10.3 Å². The number of pyridine rings is 1. The normalized spacial score (nSPS) is 17.8. The maximum absolute atomic E-state index is 11.9. The van der Waals surface area contributed by atoms with Gasteiger partial charge in [-0.3, -0.25) is 4.21 Å². The van der Waals surface area contributed by atoms with Crippen molar-refractivity contribution in [1.29, 1.82) is 0 Å². The first-order valence-corrected chi connectivity index (χ1v) is 6.82. The molecule has 16 heavy (non-hydrogen) atoms. The van der Waals surface area contributed by atoms with Crippen LogP contribution in [0.1, 0.15) is 5.56 Å². The molecular formula is C11H16N2O2S. The Bertz CT molecular complexity index is 380. The average molecular weight is 240 g/mol. The van der Waals surface area contributed by atoms with Crippen molar-refractivity contribution in [2.75, 3.05) is 26.0 Å². The van der Waals surface area contributed by atoms with Gasteiger partial charge < -0.3 is 10.1 Å². The Labute approximate surface area is 97.9 Å². The topological polar surface area (TPSA) is 51.2 Å². The van der Waals surface area contributed by atoms with Crippen LogP contribution in [0.2, 0.25) is 0 Å². The van der Waals surface area contributed by atoms with Crippen LogP contribution in [0.4, 0.5) is 0 Å². The van der Waals surface area contributed by atoms with Gasteiger partial charge in [-0.15, -0.1) is 0 Å². The second-order valence-corrected chi connectivity index (χ2v) is 5.45. The van der Waals surface area contributed by atoms with Crippen LogP contribution in [0, 0.1) is 5.92 Å². The van der Waals surface area contributed by atoms with Crippen molar-refractivity contribution in [2.24, 2.45) is 5.92 Å². The van der Waals surface area contributed by atoms with Crippen LogP contribution in [-0.2, 0) is 16.6 Å². The summed E-state index contributed by atoms with van der Waals surface area (Å²) in [4.78, 5) is 4.09. The van der Waals surface area contributed by atoms with E-state index in [1.54, 1.807) is 13.3 Å². The minimum absolute atomic E-state index is 0.535. The summed E-state index contributed by atoms with van der Waals surface area (Å²) >= 11 is 0. The highest BCUT2D eigenvalue weighted by Crippen LogP contribution is 2.17. The number of methoxy groups -OCH3 is 1. The highest BCUT2D eigenvalue weighted by molar-refractivity contribution is 7.84. The van der Waals surface area contributed by atoms with Crippen molar-refractivity contribution < 1.29 is 8.95 Å². The molecule has 1 saturated heterocycles. The van der Waals surface area contributed by atoms with Crippen LogP contribution in [0.25, 0.3) is 0 Å². The van der Waals surface area contributed by atoms with E-state index in [0.29, 0.717) is 17.6 Å². The largest absolute Gasteiger partial charge is 0.481 e. The van der Waals surface area contributed by atoms with Gasteiger partial charge >= 0.3 is 0 Å². The number of hydrogen-bond acceptors (Lipinski definition) is 4. The summed E-state index contributed by atoms with van der Waals surface area (Å²) in [5.41, 5.74) is 0.926. The summed E-state index contributed by atoms with van der Waals surface area (Å²) in [5, 5.41) is 3.18. The van der Waals surface area contributed by atoms with Crippen LogP contribution in [0.3, 0.4) is 0 Å². The molecule has 0 aromatic carbocycles. The molecule has 0 spiro atoms. The first-order chi connectivity index (χ1) is 7.79. The van der Waals surface area contributed by atoms with Crippen molar-refractivity contribution in [2.45, 2.75) is 5.75 Å². The van der Waals surface area contributed by atoms with Gasteiger partial charge in [0, 0.05) is 41.4 Å². The number of rotatable bonds is 5. The monoisotopic (exact) mass is 240 g/mol. The van der Waals surface area contributed by atoms with Gasteiger partial charge in [0.1, 0.15) is 0 Å². The molecule has 0 amide bonds. The highest BCUT2D eigenvalue weighted by Gasteiger charge is 2.20. The van der Waals surface area contributed by atoms with E-state index in [0.717, 1.165) is 24.4 Å². The maximum atomic E-state index is 11.9. The fraction of sp³-hybridized carbons (Fsp3) is 0.545. The number of nitrogens with zero attached hydrogens (tertiary/aromatic N) is 1. The van der Waals surface area contributed by atoms with Gasteiger partial charge in [0.05, 0.1) is 12.9 Å². The van der Waals surface area contributed by atoms with Crippen molar-refractivity contribution in [3.63, 3.8) is 0 Å². The summed E-state index contributed by atoms with van der Waals surface area (Å²) in [7, 11) is 0.766. The lowest BCUT2D eigenvalue weighted by Crippen LogP contribution is -2.44. The van der Waals surface area contributed by atoms with Crippen LogP contribution in [0.15, 0.2) is 18.3 Å². The Morgan fingerprint density at radius 3 is 3.06 bits per heavy atom. The fourth-order valence-electron chi connectivity index (χ4n) is 1.68. The van der Waals surface area contributed by atoms with E-state index < -0.39 is 10.8 Å². The molecule has 0 bridgehead atoms. The van der Waals surface area contributed by atoms with E-state index in [1.807, 2.05) is 12.1 Å². The van der Waals surface area contributed by atoms with E-state index in [-0.39, 0.29) is 0 Å². The number of aromatic nitrogens is 1. The molecule has 0 radical (unpaired) electrons. The van der Waals surface area contributed by atoms with Crippen LogP contribution in [0.5, 0.6) is 5.88 Å². The molecule has 1 aliphatic rings. The van der Waals surface area contributed by atoms with Gasteiger partial charge in [-0.2, -0.15) is 0 Å². The minimum Gasteiger partial charge on any atom is -0.481 e. The summed E-state index contributed by atoms with van der Waals surface area (Å²) in [6, 6.07) is 3.77. The first kappa shape index (κ1) is 11.5. The molecular weight excluding hydrogens is 224 g/mol. The standard InChI is InChI=1S/C11H16N2O2S/c1-15-11-10(3-2-4-13-11)8-16(14)7-9-5-12-6-9/h2-4,9,12H,5-8H2,1H3. The molecule has 0 aliphatic carbocycles. The predicted octanol–water partition coefficient (Wildman–Crippen LogP) is 0.558. The smallest absolute Gasteiger partial charge is 0.217 e. The molecule has 0 saturated carbocycles. The second-order valence-electron chi connectivity index (χ2n) is 3.95. The lowest BCUT2D eigenvalue weighted by atomic mass is 10.1. The van der Waals surface area contributed by atoms with Gasteiger partial charge in [-0.25, -0.2) is 4.98 Å². The summed E-state index contributed by atoms with van der Waals surface area (Å²) in [6.07, 6.45) is 1.68. The van der Waals surface area contributed by atoms with E-state index >= 15 is 0 Å². The predicted molar refractivity (Wildman–Crippen MR) is 63.9 cm³/mol. The third-order valence-corrected chi connectivity index (χ3v) is 4.12. The van der Waals surface area contributed by atoms with Crippen molar-refractivity contribution >= 4 is 10.8 Å².